The van der Waals surface area contributed by atoms with Crippen molar-refractivity contribution >= 4 is 10.0 Å². The van der Waals surface area contributed by atoms with Gasteiger partial charge in [0.15, 0.2) is 0 Å². The first-order chi connectivity index (χ1) is 9.12. The smallest absolute Gasteiger partial charge is 0.207 e. The number of benzene rings is 1. The topological polar surface area (TPSA) is 37.4 Å². The molecule has 3 nitrogen and oxygen atoms in total. The first kappa shape index (κ1) is 13.1. The van der Waals surface area contributed by atoms with Gasteiger partial charge in [0.1, 0.15) is 0 Å². The van der Waals surface area contributed by atoms with Crippen LogP contribution in [0.2, 0.25) is 0 Å². The fraction of sp³-hybridized carbons (Fsp3) is 0.600. The molecule has 2 aliphatic rings. The molecule has 1 spiro atoms. The molecule has 104 valence electrons. The van der Waals surface area contributed by atoms with Crippen LogP contribution in [0.25, 0.3) is 0 Å². The van der Waals surface area contributed by atoms with E-state index in [9.17, 15) is 8.42 Å². The predicted molar refractivity (Wildman–Crippen MR) is 75.3 cm³/mol. The summed E-state index contributed by atoms with van der Waals surface area (Å²) in [4.78, 5) is 0.435. The Balaban J connectivity index is 1.85. The van der Waals surface area contributed by atoms with Gasteiger partial charge in [-0.05, 0) is 43.2 Å². The molecule has 0 aromatic heterocycles. The zero-order valence-electron chi connectivity index (χ0n) is 11.2. The molecule has 1 aliphatic carbocycles. The second-order valence-corrected chi connectivity index (χ2v) is 7.90. The molecule has 0 bridgehead atoms. The van der Waals surface area contributed by atoms with Crippen LogP contribution in [0.5, 0.6) is 0 Å². The first-order valence-electron chi connectivity index (χ1n) is 7.18. The molecule has 3 rings (SSSR count). The SMILES string of the molecule is O=S(=O)(c1ccccc1)N1CCCC2(CCCC2)C1. The lowest BCUT2D eigenvalue weighted by Crippen LogP contribution is -2.44. The van der Waals surface area contributed by atoms with Crippen molar-refractivity contribution in [2.75, 3.05) is 13.1 Å². The van der Waals surface area contributed by atoms with E-state index >= 15 is 0 Å². The van der Waals surface area contributed by atoms with E-state index in [0.29, 0.717) is 11.4 Å². The lowest BCUT2D eigenvalue weighted by atomic mass is 9.79. The van der Waals surface area contributed by atoms with E-state index < -0.39 is 10.0 Å². The highest BCUT2D eigenvalue weighted by Gasteiger charge is 2.41. The van der Waals surface area contributed by atoms with Crippen molar-refractivity contribution in [2.24, 2.45) is 5.41 Å². The van der Waals surface area contributed by atoms with E-state index in [4.69, 9.17) is 0 Å². The molecule has 1 saturated carbocycles. The van der Waals surface area contributed by atoms with E-state index in [1.807, 2.05) is 6.07 Å². The largest absolute Gasteiger partial charge is 0.243 e. The average molecular weight is 279 g/mol. The summed E-state index contributed by atoms with van der Waals surface area (Å²) in [5.41, 5.74) is 0.278. The van der Waals surface area contributed by atoms with Gasteiger partial charge in [-0.3, -0.25) is 0 Å². The number of hydrogen-bond acceptors (Lipinski definition) is 2. The van der Waals surface area contributed by atoms with Crippen LogP contribution in [0.3, 0.4) is 0 Å². The first-order valence-corrected chi connectivity index (χ1v) is 8.62. The molecule has 1 aromatic rings. The molecule has 4 heteroatoms. The highest BCUT2D eigenvalue weighted by molar-refractivity contribution is 7.89. The highest BCUT2D eigenvalue weighted by atomic mass is 32.2. The Morgan fingerprint density at radius 3 is 2.26 bits per heavy atom. The molecular formula is C15H21NO2S. The van der Waals surface area contributed by atoms with Crippen molar-refractivity contribution in [2.45, 2.75) is 43.4 Å². The minimum atomic E-state index is -3.29. The maximum Gasteiger partial charge on any atom is 0.243 e. The fourth-order valence-corrected chi connectivity index (χ4v) is 5.25. The summed E-state index contributed by atoms with van der Waals surface area (Å²) in [5, 5.41) is 0. The third-order valence-corrected chi connectivity index (χ3v) is 6.53. The average Bonchev–Trinajstić information content (AvgIpc) is 2.88. The summed E-state index contributed by atoms with van der Waals surface area (Å²) < 4.78 is 27.0. The second-order valence-electron chi connectivity index (χ2n) is 5.96. The van der Waals surface area contributed by atoms with Crippen molar-refractivity contribution in [3.05, 3.63) is 30.3 Å². The van der Waals surface area contributed by atoms with Crippen LogP contribution in [0.1, 0.15) is 38.5 Å². The minimum absolute atomic E-state index is 0.278. The third-order valence-electron chi connectivity index (χ3n) is 4.67. The van der Waals surface area contributed by atoms with Gasteiger partial charge in [0.2, 0.25) is 10.0 Å². The highest BCUT2D eigenvalue weighted by Crippen LogP contribution is 2.45. The van der Waals surface area contributed by atoms with E-state index in [2.05, 4.69) is 0 Å². The number of nitrogens with zero attached hydrogens (tertiary/aromatic N) is 1. The van der Waals surface area contributed by atoms with Crippen LogP contribution in [0.4, 0.5) is 0 Å². The van der Waals surface area contributed by atoms with Crippen molar-refractivity contribution < 1.29 is 8.42 Å². The Morgan fingerprint density at radius 2 is 1.58 bits per heavy atom. The number of sulfonamides is 1. The molecule has 19 heavy (non-hydrogen) atoms. The van der Waals surface area contributed by atoms with Gasteiger partial charge in [-0.2, -0.15) is 4.31 Å². The van der Waals surface area contributed by atoms with Crippen molar-refractivity contribution in [1.29, 1.82) is 0 Å². The zero-order valence-corrected chi connectivity index (χ0v) is 12.0. The molecule has 2 fully saturated rings. The van der Waals surface area contributed by atoms with Gasteiger partial charge in [-0.25, -0.2) is 8.42 Å². The van der Waals surface area contributed by atoms with E-state index in [-0.39, 0.29) is 5.41 Å². The van der Waals surface area contributed by atoms with Crippen LogP contribution in [-0.4, -0.2) is 25.8 Å². The van der Waals surface area contributed by atoms with Crippen LogP contribution < -0.4 is 0 Å². The lowest BCUT2D eigenvalue weighted by Gasteiger charge is -2.39. The molecule has 0 unspecified atom stereocenters. The van der Waals surface area contributed by atoms with Crippen LogP contribution in [-0.2, 0) is 10.0 Å². The number of piperidine rings is 1. The van der Waals surface area contributed by atoms with Gasteiger partial charge in [-0.15, -0.1) is 0 Å². The predicted octanol–water partition coefficient (Wildman–Crippen LogP) is 3.03. The van der Waals surface area contributed by atoms with Crippen LogP contribution >= 0.6 is 0 Å². The molecule has 0 N–H and O–H groups in total. The quantitative estimate of drug-likeness (QED) is 0.834. The second kappa shape index (κ2) is 4.91. The van der Waals surface area contributed by atoms with Gasteiger partial charge in [0, 0.05) is 13.1 Å². The standard InChI is InChI=1S/C15H21NO2S/c17-19(18,14-7-2-1-3-8-14)16-12-6-11-15(13-16)9-4-5-10-15/h1-3,7-8H,4-6,9-13H2. The van der Waals surface area contributed by atoms with Crippen LogP contribution in [0.15, 0.2) is 35.2 Å². The fourth-order valence-electron chi connectivity index (χ4n) is 3.64. The number of rotatable bonds is 2. The number of hydrogen-bond donors (Lipinski definition) is 0. The Morgan fingerprint density at radius 1 is 0.947 bits per heavy atom. The van der Waals surface area contributed by atoms with Crippen LogP contribution in [0, 0.1) is 5.41 Å². The van der Waals surface area contributed by atoms with Crippen molar-refractivity contribution in [1.82, 2.24) is 4.31 Å². The summed E-state index contributed by atoms with van der Waals surface area (Å²) in [6, 6.07) is 8.84. The normalized spacial score (nSPS) is 23.8. The monoisotopic (exact) mass is 279 g/mol. The molecule has 1 aromatic carbocycles. The summed E-state index contributed by atoms with van der Waals surface area (Å²) in [5.74, 6) is 0. The summed E-state index contributed by atoms with van der Waals surface area (Å²) >= 11 is 0. The van der Waals surface area contributed by atoms with E-state index in [1.165, 1.54) is 32.1 Å². The molecule has 0 atom stereocenters. The maximum absolute atomic E-state index is 12.7. The Kier molecular flexibility index (Phi) is 3.39. The maximum atomic E-state index is 12.7. The molecule has 0 radical (unpaired) electrons. The Bertz CT molecular complexity index is 533. The summed E-state index contributed by atoms with van der Waals surface area (Å²) in [7, 11) is -3.29. The molecule has 0 amide bonds. The summed E-state index contributed by atoms with van der Waals surface area (Å²) in [6.45, 7) is 1.41. The lowest BCUT2D eigenvalue weighted by molar-refractivity contribution is 0.152. The van der Waals surface area contributed by atoms with Gasteiger partial charge >= 0.3 is 0 Å². The molecule has 1 saturated heterocycles. The van der Waals surface area contributed by atoms with Gasteiger partial charge < -0.3 is 0 Å². The van der Waals surface area contributed by atoms with E-state index in [1.54, 1.807) is 28.6 Å². The molecule has 1 aliphatic heterocycles. The van der Waals surface area contributed by atoms with Gasteiger partial charge in [-0.1, -0.05) is 31.0 Å². The van der Waals surface area contributed by atoms with Gasteiger partial charge in [0.25, 0.3) is 0 Å². The third kappa shape index (κ3) is 2.43. The van der Waals surface area contributed by atoms with E-state index in [0.717, 1.165) is 13.0 Å². The Labute approximate surface area is 115 Å². The van der Waals surface area contributed by atoms with Crippen molar-refractivity contribution in [3.63, 3.8) is 0 Å². The molecule has 1 heterocycles. The van der Waals surface area contributed by atoms with Gasteiger partial charge in [0.05, 0.1) is 4.90 Å². The molecular weight excluding hydrogens is 258 g/mol. The Hall–Kier alpha value is -0.870. The summed E-state index contributed by atoms with van der Waals surface area (Å²) in [6.07, 6.45) is 7.14. The van der Waals surface area contributed by atoms with Crippen molar-refractivity contribution in [3.8, 4) is 0 Å². The zero-order chi connectivity index (χ0) is 13.3. The minimum Gasteiger partial charge on any atom is -0.207 e.